The fourth-order valence-electron chi connectivity index (χ4n) is 1.94. The van der Waals surface area contributed by atoms with Gasteiger partial charge in [-0.3, -0.25) is 0 Å². The van der Waals surface area contributed by atoms with Crippen LogP contribution in [0.5, 0.6) is 0 Å². The smallest absolute Gasteiger partial charge is 0.137 e. The van der Waals surface area contributed by atoms with Gasteiger partial charge >= 0.3 is 0 Å². The number of fused-ring (bicyclic) bond motifs is 1. The van der Waals surface area contributed by atoms with Gasteiger partial charge in [-0.25, -0.2) is 4.39 Å². The number of halogens is 2. The van der Waals surface area contributed by atoms with E-state index in [2.05, 4.69) is 28.2 Å². The Kier molecular flexibility index (Phi) is 4.27. The van der Waals surface area contributed by atoms with Gasteiger partial charge in [0.2, 0.25) is 0 Å². The van der Waals surface area contributed by atoms with E-state index in [9.17, 15) is 4.39 Å². The Morgan fingerprint density at radius 2 is 2.38 bits per heavy atom. The third-order valence-corrected chi connectivity index (χ3v) is 4.70. The summed E-state index contributed by atoms with van der Waals surface area (Å²) in [5.41, 5.74) is 2.37. The van der Waals surface area contributed by atoms with Gasteiger partial charge in [-0.15, -0.1) is 0 Å². The molecule has 1 nitrogen and oxygen atoms in total. The largest absolute Gasteiger partial charge is 0.309 e. The van der Waals surface area contributed by atoms with Crippen LogP contribution in [0.2, 0.25) is 0 Å². The van der Waals surface area contributed by atoms with Gasteiger partial charge in [0.1, 0.15) is 5.82 Å². The molecule has 0 bridgehead atoms. The van der Waals surface area contributed by atoms with Crippen LogP contribution in [0.15, 0.2) is 16.6 Å². The second-order valence-corrected chi connectivity index (χ2v) is 5.77. The fourth-order valence-corrected chi connectivity index (χ4v) is 3.79. The molecular formula is C12H15BrFNS. The topological polar surface area (TPSA) is 12.0 Å². The highest BCUT2D eigenvalue weighted by atomic mass is 79.9. The van der Waals surface area contributed by atoms with Crippen molar-refractivity contribution in [3.8, 4) is 0 Å². The van der Waals surface area contributed by atoms with E-state index >= 15 is 0 Å². The van der Waals surface area contributed by atoms with E-state index in [-0.39, 0.29) is 5.82 Å². The minimum Gasteiger partial charge on any atom is -0.309 e. The summed E-state index contributed by atoms with van der Waals surface area (Å²) in [6, 6.07) is 3.84. The molecule has 0 spiro atoms. The molecule has 0 radical (unpaired) electrons. The van der Waals surface area contributed by atoms with E-state index in [4.69, 9.17) is 0 Å². The SMILES string of the molecule is CCCNC1CSCc2c1ccc(F)c2Br. The zero-order chi connectivity index (χ0) is 11.5. The van der Waals surface area contributed by atoms with Crippen LogP contribution in [-0.4, -0.2) is 12.3 Å². The van der Waals surface area contributed by atoms with Crippen molar-refractivity contribution in [2.75, 3.05) is 12.3 Å². The number of nitrogens with one attached hydrogen (secondary N) is 1. The van der Waals surface area contributed by atoms with Crippen molar-refractivity contribution in [3.05, 3.63) is 33.5 Å². The van der Waals surface area contributed by atoms with Crippen molar-refractivity contribution < 1.29 is 4.39 Å². The Hall–Kier alpha value is -0.0600. The second-order valence-electron chi connectivity index (χ2n) is 3.95. The maximum atomic E-state index is 13.4. The first-order valence-corrected chi connectivity index (χ1v) is 7.46. The normalized spacial score (nSPS) is 19.6. The first-order valence-electron chi connectivity index (χ1n) is 5.52. The van der Waals surface area contributed by atoms with Crippen LogP contribution in [0.1, 0.15) is 30.5 Å². The van der Waals surface area contributed by atoms with E-state index in [0.717, 1.165) is 30.0 Å². The van der Waals surface area contributed by atoms with Crippen molar-refractivity contribution >= 4 is 27.7 Å². The molecule has 16 heavy (non-hydrogen) atoms. The minimum absolute atomic E-state index is 0.157. The molecule has 1 N–H and O–H groups in total. The molecule has 2 rings (SSSR count). The van der Waals surface area contributed by atoms with Crippen molar-refractivity contribution in [3.63, 3.8) is 0 Å². The molecule has 88 valence electrons. The molecule has 1 aliphatic rings. The van der Waals surface area contributed by atoms with Gasteiger partial charge in [-0.2, -0.15) is 11.8 Å². The highest BCUT2D eigenvalue weighted by molar-refractivity contribution is 9.10. The molecule has 0 saturated carbocycles. The molecule has 1 aromatic rings. The van der Waals surface area contributed by atoms with Gasteiger partial charge in [0, 0.05) is 17.5 Å². The molecule has 0 aromatic heterocycles. The highest BCUT2D eigenvalue weighted by Gasteiger charge is 2.22. The van der Waals surface area contributed by atoms with Crippen LogP contribution in [0, 0.1) is 5.82 Å². The van der Waals surface area contributed by atoms with Crippen LogP contribution in [-0.2, 0) is 5.75 Å². The maximum absolute atomic E-state index is 13.4. The Morgan fingerprint density at radius 3 is 3.12 bits per heavy atom. The van der Waals surface area contributed by atoms with E-state index in [1.54, 1.807) is 6.07 Å². The second kappa shape index (κ2) is 5.52. The Bertz CT molecular complexity index is 384. The van der Waals surface area contributed by atoms with Gasteiger partial charge in [-0.1, -0.05) is 13.0 Å². The van der Waals surface area contributed by atoms with E-state index in [1.165, 1.54) is 5.56 Å². The summed E-state index contributed by atoms with van der Waals surface area (Å²) in [4.78, 5) is 0. The molecule has 1 heterocycles. The lowest BCUT2D eigenvalue weighted by Gasteiger charge is -2.27. The van der Waals surface area contributed by atoms with Crippen LogP contribution < -0.4 is 5.32 Å². The molecule has 1 aromatic carbocycles. The summed E-state index contributed by atoms with van der Waals surface area (Å²) < 4.78 is 14.0. The van der Waals surface area contributed by atoms with Gasteiger partial charge in [-0.05, 0) is 46.1 Å². The quantitative estimate of drug-likeness (QED) is 0.909. The third-order valence-electron chi connectivity index (χ3n) is 2.78. The molecular weight excluding hydrogens is 289 g/mol. The molecule has 1 aliphatic heterocycles. The molecule has 0 aliphatic carbocycles. The molecule has 1 atom stereocenters. The van der Waals surface area contributed by atoms with Crippen molar-refractivity contribution in [1.82, 2.24) is 5.32 Å². The van der Waals surface area contributed by atoms with Crippen LogP contribution in [0.4, 0.5) is 4.39 Å². The third kappa shape index (κ3) is 2.44. The maximum Gasteiger partial charge on any atom is 0.137 e. The standard InChI is InChI=1S/C12H15BrFNS/c1-2-5-15-11-7-16-6-9-8(11)3-4-10(14)12(9)13/h3-4,11,15H,2,5-7H2,1H3. The predicted molar refractivity (Wildman–Crippen MR) is 71.3 cm³/mol. The summed E-state index contributed by atoms with van der Waals surface area (Å²) >= 11 is 5.21. The highest BCUT2D eigenvalue weighted by Crippen LogP contribution is 2.37. The van der Waals surface area contributed by atoms with Crippen LogP contribution in [0.3, 0.4) is 0 Å². The summed E-state index contributed by atoms with van der Waals surface area (Å²) in [7, 11) is 0. The Balaban J connectivity index is 2.28. The first-order chi connectivity index (χ1) is 7.74. The number of benzene rings is 1. The van der Waals surface area contributed by atoms with Crippen molar-refractivity contribution in [2.24, 2.45) is 0 Å². The Morgan fingerprint density at radius 1 is 1.56 bits per heavy atom. The number of thioether (sulfide) groups is 1. The summed E-state index contributed by atoms with van der Waals surface area (Å²) in [6.07, 6.45) is 1.12. The average molecular weight is 304 g/mol. The molecule has 0 saturated heterocycles. The van der Waals surface area contributed by atoms with Crippen LogP contribution in [0.25, 0.3) is 0 Å². The van der Waals surface area contributed by atoms with Crippen molar-refractivity contribution in [1.29, 1.82) is 0 Å². The zero-order valence-electron chi connectivity index (χ0n) is 9.22. The average Bonchev–Trinajstić information content (AvgIpc) is 2.31. The summed E-state index contributed by atoms with van der Waals surface area (Å²) in [5, 5.41) is 3.51. The molecule has 4 heteroatoms. The Labute approximate surface area is 108 Å². The lowest BCUT2D eigenvalue weighted by molar-refractivity contribution is 0.565. The molecule has 1 unspecified atom stereocenters. The lowest BCUT2D eigenvalue weighted by Crippen LogP contribution is -2.27. The van der Waals surface area contributed by atoms with E-state index < -0.39 is 0 Å². The minimum atomic E-state index is -0.157. The monoisotopic (exact) mass is 303 g/mol. The first kappa shape index (κ1) is 12.4. The number of rotatable bonds is 3. The van der Waals surface area contributed by atoms with Crippen molar-refractivity contribution in [2.45, 2.75) is 25.1 Å². The number of hydrogen-bond donors (Lipinski definition) is 1. The molecule has 0 fully saturated rings. The summed E-state index contributed by atoms with van der Waals surface area (Å²) in [6.45, 7) is 3.17. The van der Waals surface area contributed by atoms with E-state index in [0.29, 0.717) is 10.5 Å². The summed E-state index contributed by atoms with van der Waals surface area (Å²) in [5.74, 6) is 1.82. The zero-order valence-corrected chi connectivity index (χ0v) is 11.6. The lowest BCUT2D eigenvalue weighted by atomic mass is 10.0. The predicted octanol–water partition coefficient (Wildman–Crippen LogP) is 3.88. The fraction of sp³-hybridized carbons (Fsp3) is 0.500. The van der Waals surface area contributed by atoms with Gasteiger partial charge in [0.05, 0.1) is 4.47 Å². The molecule has 0 amide bonds. The number of hydrogen-bond acceptors (Lipinski definition) is 2. The van der Waals surface area contributed by atoms with E-state index in [1.807, 2.05) is 17.8 Å². The van der Waals surface area contributed by atoms with Gasteiger partial charge < -0.3 is 5.32 Å². The van der Waals surface area contributed by atoms with Gasteiger partial charge in [0.15, 0.2) is 0 Å². The van der Waals surface area contributed by atoms with Gasteiger partial charge in [0.25, 0.3) is 0 Å². The van der Waals surface area contributed by atoms with Crippen LogP contribution >= 0.6 is 27.7 Å².